The molecule has 0 unspecified atom stereocenters. The van der Waals surface area contributed by atoms with Crippen LogP contribution in [0.4, 0.5) is 0 Å². The van der Waals surface area contributed by atoms with Gasteiger partial charge in [0.05, 0.1) is 0 Å². The summed E-state index contributed by atoms with van der Waals surface area (Å²) in [7, 11) is 0. The Bertz CT molecular complexity index is 684. The number of ketones is 2. The highest BCUT2D eigenvalue weighted by Crippen LogP contribution is 2.66. The summed E-state index contributed by atoms with van der Waals surface area (Å²) in [5, 5.41) is 9.07. The zero-order valence-electron chi connectivity index (χ0n) is 17.7. The van der Waals surface area contributed by atoms with Gasteiger partial charge in [0, 0.05) is 30.6 Å². The molecule has 4 rings (SSSR count). The number of aliphatic carboxylic acids is 1. The third-order valence-corrected chi connectivity index (χ3v) is 9.82. The molecule has 4 aliphatic rings. The Morgan fingerprint density at radius 2 is 1.86 bits per heavy atom. The molecular formula is C24H36O4. The number of Topliss-reactive ketones (excluding diaryl/α,β-unsaturated/α-hetero) is 2. The summed E-state index contributed by atoms with van der Waals surface area (Å²) in [6.07, 6.45) is 8.77. The molecule has 0 bridgehead atoms. The number of carboxylic acids is 1. The molecule has 1 N–H and O–H groups in total. The van der Waals surface area contributed by atoms with Gasteiger partial charge in [0.25, 0.3) is 0 Å². The second kappa shape index (κ2) is 6.95. The molecule has 0 aromatic carbocycles. The van der Waals surface area contributed by atoms with E-state index in [-0.39, 0.29) is 41.4 Å². The van der Waals surface area contributed by atoms with Gasteiger partial charge in [-0.05, 0) is 67.1 Å². The van der Waals surface area contributed by atoms with E-state index in [1.54, 1.807) is 0 Å². The van der Waals surface area contributed by atoms with Gasteiger partial charge in [-0.25, -0.2) is 0 Å². The fourth-order valence-corrected chi connectivity index (χ4v) is 8.18. The molecule has 156 valence electrons. The SMILES string of the molecule is C[C@@H](CCC(=O)O)[C@H]1CC[C@@H]2[C@@H]3C(=O)C[C@@H]4CCCC[C@]4(C)[C@@H]3CC(=O)[C@@]21C. The topological polar surface area (TPSA) is 71.4 Å². The number of fused-ring (bicyclic) bond motifs is 5. The summed E-state index contributed by atoms with van der Waals surface area (Å²) in [5.74, 6) is 1.39. The Balaban J connectivity index is 1.63. The lowest BCUT2D eigenvalue weighted by molar-refractivity contribution is -0.165. The van der Waals surface area contributed by atoms with E-state index >= 15 is 0 Å². The van der Waals surface area contributed by atoms with Crippen LogP contribution in [-0.2, 0) is 14.4 Å². The minimum absolute atomic E-state index is 0.0544. The molecule has 0 radical (unpaired) electrons. The minimum atomic E-state index is -0.764. The molecule has 0 heterocycles. The predicted octanol–water partition coefficient (Wildman–Crippen LogP) is 4.89. The first-order valence-corrected chi connectivity index (χ1v) is 11.5. The first-order valence-electron chi connectivity index (χ1n) is 11.5. The number of carboxylic acid groups (broad SMARTS) is 1. The molecule has 0 aliphatic heterocycles. The average molecular weight is 389 g/mol. The zero-order valence-corrected chi connectivity index (χ0v) is 17.7. The highest BCUT2D eigenvalue weighted by molar-refractivity contribution is 5.92. The summed E-state index contributed by atoms with van der Waals surface area (Å²) in [5.41, 5.74) is -0.284. The van der Waals surface area contributed by atoms with Crippen molar-refractivity contribution in [3.63, 3.8) is 0 Å². The Morgan fingerprint density at radius 1 is 1.11 bits per heavy atom. The van der Waals surface area contributed by atoms with Crippen molar-refractivity contribution in [3.8, 4) is 0 Å². The summed E-state index contributed by atoms with van der Waals surface area (Å²) in [4.78, 5) is 38.0. The minimum Gasteiger partial charge on any atom is -0.481 e. The van der Waals surface area contributed by atoms with Crippen molar-refractivity contribution in [2.45, 2.75) is 85.0 Å². The van der Waals surface area contributed by atoms with Crippen molar-refractivity contribution in [2.24, 2.45) is 46.3 Å². The molecule has 8 atom stereocenters. The molecule has 4 saturated carbocycles. The number of hydrogen-bond acceptors (Lipinski definition) is 3. The molecule has 4 heteroatoms. The maximum absolute atomic E-state index is 13.6. The van der Waals surface area contributed by atoms with E-state index in [0.717, 1.165) is 25.7 Å². The van der Waals surface area contributed by atoms with Crippen molar-refractivity contribution < 1.29 is 19.5 Å². The zero-order chi connectivity index (χ0) is 20.3. The van der Waals surface area contributed by atoms with Gasteiger partial charge in [0.2, 0.25) is 0 Å². The predicted molar refractivity (Wildman–Crippen MR) is 107 cm³/mol. The van der Waals surface area contributed by atoms with Gasteiger partial charge in [-0.15, -0.1) is 0 Å². The lowest BCUT2D eigenvalue weighted by Gasteiger charge is -2.59. The molecule has 28 heavy (non-hydrogen) atoms. The van der Waals surface area contributed by atoms with Gasteiger partial charge in [-0.3, -0.25) is 14.4 Å². The third-order valence-electron chi connectivity index (χ3n) is 9.82. The summed E-state index contributed by atoms with van der Waals surface area (Å²) >= 11 is 0. The van der Waals surface area contributed by atoms with Crippen molar-refractivity contribution in [1.29, 1.82) is 0 Å². The van der Waals surface area contributed by atoms with Crippen LogP contribution in [0.1, 0.15) is 85.0 Å². The summed E-state index contributed by atoms with van der Waals surface area (Å²) in [6.45, 7) is 6.61. The molecule has 0 aromatic rings. The van der Waals surface area contributed by atoms with Gasteiger partial charge in [-0.2, -0.15) is 0 Å². The van der Waals surface area contributed by atoms with Gasteiger partial charge in [-0.1, -0.05) is 33.6 Å². The highest BCUT2D eigenvalue weighted by atomic mass is 16.4. The molecule has 0 spiro atoms. The standard InChI is InChI=1S/C24H36O4/c1-14(7-10-21(27)28)16-8-9-17-22-18(13-20(26)24(16,17)3)23(2)11-5-4-6-15(23)12-19(22)25/h14-18,22H,4-13H2,1-3H3,(H,27,28)/t14-,15-,16+,17+,18+,22-,23-,24+/m0/s1. The molecule has 4 nitrogen and oxygen atoms in total. The largest absolute Gasteiger partial charge is 0.481 e. The maximum atomic E-state index is 13.6. The van der Waals surface area contributed by atoms with Crippen molar-refractivity contribution in [1.82, 2.24) is 0 Å². The van der Waals surface area contributed by atoms with Gasteiger partial charge < -0.3 is 5.11 Å². The summed E-state index contributed by atoms with van der Waals surface area (Å²) in [6, 6.07) is 0. The summed E-state index contributed by atoms with van der Waals surface area (Å²) < 4.78 is 0. The van der Waals surface area contributed by atoms with Crippen molar-refractivity contribution >= 4 is 17.5 Å². The molecule has 4 aliphatic carbocycles. The Kier molecular flexibility index (Phi) is 4.99. The molecule has 0 aromatic heterocycles. The van der Waals surface area contributed by atoms with E-state index in [9.17, 15) is 14.4 Å². The number of carbonyl (C=O) groups is 3. The van der Waals surface area contributed by atoms with Crippen LogP contribution < -0.4 is 0 Å². The van der Waals surface area contributed by atoms with Crippen LogP contribution in [0.15, 0.2) is 0 Å². The Labute approximate surface area is 168 Å². The van der Waals surface area contributed by atoms with E-state index in [0.29, 0.717) is 30.3 Å². The van der Waals surface area contributed by atoms with Crippen molar-refractivity contribution in [3.05, 3.63) is 0 Å². The van der Waals surface area contributed by atoms with Crippen LogP contribution in [0.3, 0.4) is 0 Å². The smallest absolute Gasteiger partial charge is 0.303 e. The van der Waals surface area contributed by atoms with Crippen LogP contribution in [0.5, 0.6) is 0 Å². The van der Waals surface area contributed by atoms with Crippen LogP contribution in [-0.4, -0.2) is 22.6 Å². The second-order valence-corrected chi connectivity index (χ2v) is 10.9. The molecular weight excluding hydrogens is 352 g/mol. The molecule has 0 saturated heterocycles. The van der Waals surface area contributed by atoms with E-state index in [1.807, 2.05) is 0 Å². The third kappa shape index (κ3) is 2.81. The first kappa shape index (κ1) is 20.1. The van der Waals surface area contributed by atoms with E-state index in [2.05, 4.69) is 20.8 Å². The fraction of sp³-hybridized carbons (Fsp3) is 0.875. The monoisotopic (exact) mass is 388 g/mol. The van der Waals surface area contributed by atoms with Gasteiger partial charge >= 0.3 is 5.97 Å². The number of rotatable bonds is 4. The van der Waals surface area contributed by atoms with E-state index in [1.165, 1.54) is 19.3 Å². The van der Waals surface area contributed by atoms with E-state index < -0.39 is 11.4 Å². The van der Waals surface area contributed by atoms with Gasteiger partial charge in [0.1, 0.15) is 11.6 Å². The van der Waals surface area contributed by atoms with E-state index in [4.69, 9.17) is 5.11 Å². The van der Waals surface area contributed by atoms with Crippen molar-refractivity contribution in [2.75, 3.05) is 0 Å². The maximum Gasteiger partial charge on any atom is 0.303 e. The van der Waals surface area contributed by atoms with Crippen LogP contribution in [0.25, 0.3) is 0 Å². The Hall–Kier alpha value is -1.19. The van der Waals surface area contributed by atoms with Crippen LogP contribution in [0, 0.1) is 46.3 Å². The molecule has 0 amide bonds. The quantitative estimate of drug-likeness (QED) is 0.744. The number of carbonyl (C=O) groups excluding carboxylic acids is 2. The average Bonchev–Trinajstić information content (AvgIpc) is 3.00. The lowest BCUT2D eigenvalue weighted by Crippen LogP contribution is -2.59. The Morgan fingerprint density at radius 3 is 2.57 bits per heavy atom. The van der Waals surface area contributed by atoms with Crippen LogP contribution >= 0.6 is 0 Å². The first-order chi connectivity index (χ1) is 13.2. The number of hydrogen-bond donors (Lipinski definition) is 1. The highest BCUT2D eigenvalue weighted by Gasteiger charge is 2.65. The van der Waals surface area contributed by atoms with Gasteiger partial charge in [0.15, 0.2) is 0 Å². The fourth-order valence-electron chi connectivity index (χ4n) is 8.18. The molecule has 4 fully saturated rings. The lowest BCUT2D eigenvalue weighted by atomic mass is 9.44. The normalized spacial score (nSPS) is 46.5. The second-order valence-electron chi connectivity index (χ2n) is 10.9. The van der Waals surface area contributed by atoms with Crippen LogP contribution in [0.2, 0.25) is 0 Å².